The van der Waals surface area contributed by atoms with E-state index in [0.29, 0.717) is 6.61 Å². The average Bonchev–Trinajstić information content (AvgIpc) is 3.01. The predicted molar refractivity (Wildman–Crippen MR) is 80.9 cm³/mol. The molecule has 1 saturated heterocycles. The quantitative estimate of drug-likeness (QED) is 0.859. The SMILES string of the molecule is CC(C)N(C(=O)C1CCCO1)C1CCCc2cccnc21. The first-order valence-electron chi connectivity index (χ1n) is 8.06. The van der Waals surface area contributed by atoms with Crippen LogP contribution in [0.2, 0.25) is 0 Å². The normalized spacial score (nSPS) is 24.9. The Balaban J connectivity index is 1.89. The van der Waals surface area contributed by atoms with Crippen molar-refractivity contribution >= 4 is 5.91 Å². The molecule has 0 radical (unpaired) electrons. The van der Waals surface area contributed by atoms with Gasteiger partial charge in [-0.05, 0) is 57.6 Å². The van der Waals surface area contributed by atoms with Gasteiger partial charge in [0.2, 0.25) is 0 Å². The van der Waals surface area contributed by atoms with Crippen LogP contribution in [0.3, 0.4) is 0 Å². The van der Waals surface area contributed by atoms with E-state index in [1.165, 1.54) is 5.56 Å². The number of nitrogens with zero attached hydrogens (tertiary/aromatic N) is 2. The lowest BCUT2D eigenvalue weighted by Gasteiger charge is -2.38. The van der Waals surface area contributed by atoms with Gasteiger partial charge in [0, 0.05) is 18.8 Å². The first kappa shape index (κ1) is 14.5. The zero-order chi connectivity index (χ0) is 14.8. The van der Waals surface area contributed by atoms with Gasteiger partial charge in [-0.1, -0.05) is 6.07 Å². The molecule has 2 atom stereocenters. The molecule has 2 heterocycles. The Kier molecular flexibility index (Phi) is 4.24. The molecule has 1 fully saturated rings. The third-order valence-corrected chi connectivity index (χ3v) is 4.52. The minimum atomic E-state index is -0.249. The number of hydrogen-bond acceptors (Lipinski definition) is 3. The van der Waals surface area contributed by atoms with Crippen molar-refractivity contribution in [3.63, 3.8) is 0 Å². The van der Waals surface area contributed by atoms with E-state index in [-0.39, 0.29) is 24.1 Å². The van der Waals surface area contributed by atoms with Gasteiger partial charge < -0.3 is 9.64 Å². The van der Waals surface area contributed by atoms with E-state index in [9.17, 15) is 4.79 Å². The van der Waals surface area contributed by atoms with Gasteiger partial charge in [-0.3, -0.25) is 9.78 Å². The minimum absolute atomic E-state index is 0.103. The van der Waals surface area contributed by atoms with Crippen molar-refractivity contribution < 1.29 is 9.53 Å². The van der Waals surface area contributed by atoms with Crippen LogP contribution in [0.15, 0.2) is 18.3 Å². The fourth-order valence-electron chi connectivity index (χ4n) is 3.56. The molecule has 0 spiro atoms. The maximum absolute atomic E-state index is 12.9. The van der Waals surface area contributed by atoms with E-state index in [0.717, 1.165) is 37.8 Å². The van der Waals surface area contributed by atoms with Crippen molar-refractivity contribution in [2.75, 3.05) is 6.61 Å². The molecule has 4 heteroatoms. The molecule has 1 amide bonds. The second-order valence-electron chi connectivity index (χ2n) is 6.30. The number of aromatic nitrogens is 1. The molecule has 1 aromatic rings. The summed E-state index contributed by atoms with van der Waals surface area (Å²) in [4.78, 5) is 19.5. The van der Waals surface area contributed by atoms with Gasteiger partial charge >= 0.3 is 0 Å². The number of carbonyl (C=O) groups excluding carboxylic acids is 1. The fraction of sp³-hybridized carbons (Fsp3) is 0.647. The van der Waals surface area contributed by atoms with Crippen molar-refractivity contribution in [3.05, 3.63) is 29.6 Å². The van der Waals surface area contributed by atoms with Gasteiger partial charge in [0.25, 0.3) is 5.91 Å². The fourth-order valence-corrected chi connectivity index (χ4v) is 3.56. The van der Waals surface area contributed by atoms with Crippen LogP contribution in [-0.2, 0) is 16.0 Å². The first-order valence-corrected chi connectivity index (χ1v) is 8.06. The Hall–Kier alpha value is -1.42. The second-order valence-corrected chi connectivity index (χ2v) is 6.30. The monoisotopic (exact) mass is 288 g/mol. The standard InChI is InChI=1S/C17H24N2O2/c1-12(2)19(17(20)15-9-5-11-21-15)14-8-3-6-13-7-4-10-18-16(13)14/h4,7,10,12,14-15H,3,5-6,8-9,11H2,1-2H3. The van der Waals surface area contributed by atoms with Crippen LogP contribution in [-0.4, -0.2) is 34.5 Å². The molecule has 4 nitrogen and oxygen atoms in total. The van der Waals surface area contributed by atoms with Gasteiger partial charge in [0.05, 0.1) is 11.7 Å². The summed E-state index contributed by atoms with van der Waals surface area (Å²) in [6, 6.07) is 4.40. The number of carbonyl (C=O) groups is 1. The van der Waals surface area contributed by atoms with Gasteiger partial charge in [0.1, 0.15) is 6.10 Å². The van der Waals surface area contributed by atoms with E-state index >= 15 is 0 Å². The van der Waals surface area contributed by atoms with Gasteiger partial charge in [0.15, 0.2) is 0 Å². The van der Waals surface area contributed by atoms with Crippen LogP contribution in [0.25, 0.3) is 0 Å². The molecular weight excluding hydrogens is 264 g/mol. The van der Waals surface area contributed by atoms with Crippen molar-refractivity contribution in [1.82, 2.24) is 9.88 Å². The van der Waals surface area contributed by atoms with Gasteiger partial charge in [-0.15, -0.1) is 0 Å². The van der Waals surface area contributed by atoms with E-state index in [4.69, 9.17) is 4.74 Å². The Morgan fingerprint density at radius 1 is 1.38 bits per heavy atom. The van der Waals surface area contributed by atoms with Crippen molar-refractivity contribution in [3.8, 4) is 0 Å². The summed E-state index contributed by atoms with van der Waals surface area (Å²) in [7, 11) is 0. The van der Waals surface area contributed by atoms with Crippen LogP contribution in [0.5, 0.6) is 0 Å². The maximum atomic E-state index is 12.9. The highest BCUT2D eigenvalue weighted by molar-refractivity contribution is 5.82. The van der Waals surface area contributed by atoms with Crippen LogP contribution in [0.1, 0.15) is 56.8 Å². The molecular formula is C17H24N2O2. The third-order valence-electron chi connectivity index (χ3n) is 4.52. The Morgan fingerprint density at radius 3 is 2.95 bits per heavy atom. The molecule has 1 aliphatic carbocycles. The smallest absolute Gasteiger partial charge is 0.252 e. The minimum Gasteiger partial charge on any atom is -0.368 e. The van der Waals surface area contributed by atoms with E-state index in [1.807, 2.05) is 17.2 Å². The molecule has 2 unspecified atom stereocenters. The van der Waals surface area contributed by atoms with E-state index < -0.39 is 0 Å². The Morgan fingerprint density at radius 2 is 2.24 bits per heavy atom. The van der Waals surface area contributed by atoms with Crippen LogP contribution in [0, 0.1) is 0 Å². The summed E-state index contributed by atoms with van der Waals surface area (Å²) in [6.07, 6.45) is 6.62. The summed E-state index contributed by atoms with van der Waals surface area (Å²) >= 11 is 0. The number of hydrogen-bond donors (Lipinski definition) is 0. The van der Waals surface area contributed by atoms with Crippen molar-refractivity contribution in [1.29, 1.82) is 0 Å². The molecule has 0 N–H and O–H groups in total. The molecule has 0 aromatic carbocycles. The molecule has 3 rings (SSSR count). The topological polar surface area (TPSA) is 42.4 Å². The van der Waals surface area contributed by atoms with Gasteiger partial charge in [-0.25, -0.2) is 0 Å². The lowest BCUT2D eigenvalue weighted by Crippen LogP contribution is -2.46. The lowest BCUT2D eigenvalue weighted by atomic mass is 9.90. The van der Waals surface area contributed by atoms with Crippen LogP contribution < -0.4 is 0 Å². The summed E-state index contributed by atoms with van der Waals surface area (Å²) in [5, 5.41) is 0. The third kappa shape index (κ3) is 2.82. The number of rotatable bonds is 3. The number of aryl methyl sites for hydroxylation is 1. The summed E-state index contributed by atoms with van der Waals surface area (Å²) in [5.74, 6) is 0.144. The highest BCUT2D eigenvalue weighted by atomic mass is 16.5. The van der Waals surface area contributed by atoms with E-state index in [1.54, 1.807) is 0 Å². The van der Waals surface area contributed by atoms with Crippen LogP contribution in [0.4, 0.5) is 0 Å². The lowest BCUT2D eigenvalue weighted by molar-refractivity contribution is -0.146. The molecule has 1 aliphatic heterocycles. The number of amides is 1. The molecule has 21 heavy (non-hydrogen) atoms. The Bertz CT molecular complexity index is 509. The largest absolute Gasteiger partial charge is 0.368 e. The summed E-state index contributed by atoms with van der Waals surface area (Å²) in [6.45, 7) is 4.88. The van der Waals surface area contributed by atoms with Crippen molar-refractivity contribution in [2.45, 2.75) is 64.1 Å². The summed E-state index contributed by atoms with van der Waals surface area (Å²) in [5.41, 5.74) is 2.38. The number of pyridine rings is 1. The zero-order valence-electron chi connectivity index (χ0n) is 12.9. The first-order chi connectivity index (χ1) is 10.2. The highest BCUT2D eigenvalue weighted by Crippen LogP contribution is 2.35. The molecule has 1 aromatic heterocycles. The number of fused-ring (bicyclic) bond motifs is 1. The maximum Gasteiger partial charge on any atom is 0.252 e. The van der Waals surface area contributed by atoms with Gasteiger partial charge in [-0.2, -0.15) is 0 Å². The molecule has 114 valence electrons. The van der Waals surface area contributed by atoms with E-state index in [2.05, 4.69) is 24.9 Å². The summed E-state index contributed by atoms with van der Waals surface area (Å²) < 4.78 is 5.61. The molecule has 2 aliphatic rings. The van der Waals surface area contributed by atoms with Crippen molar-refractivity contribution in [2.24, 2.45) is 0 Å². The zero-order valence-corrected chi connectivity index (χ0v) is 12.9. The number of ether oxygens (including phenoxy) is 1. The predicted octanol–water partition coefficient (Wildman–Crippen LogP) is 2.88. The van der Waals surface area contributed by atoms with Crippen LogP contribution >= 0.6 is 0 Å². The second kappa shape index (κ2) is 6.14. The molecule has 0 saturated carbocycles. The average molecular weight is 288 g/mol. The Labute approximate surface area is 126 Å². The highest BCUT2D eigenvalue weighted by Gasteiger charge is 2.36. The molecule has 0 bridgehead atoms.